The predicted octanol–water partition coefficient (Wildman–Crippen LogP) is 4.73. The molecule has 1 heterocycles. The number of aliphatic hydroxyl groups is 1. The number of benzene rings is 2. The molecule has 8 nitrogen and oxygen atoms in total. The first-order chi connectivity index (χ1) is 17.5. The predicted molar refractivity (Wildman–Crippen MR) is 137 cm³/mol. The largest absolute Gasteiger partial charge is 0.507 e. The van der Waals surface area contributed by atoms with Gasteiger partial charge in [-0.2, -0.15) is 0 Å². The van der Waals surface area contributed by atoms with E-state index in [9.17, 15) is 14.7 Å². The minimum atomic E-state index is -0.795. The van der Waals surface area contributed by atoms with Crippen LogP contribution in [-0.2, 0) is 14.3 Å². The number of Topliss-reactive ketones (excluding diaryl/α,β-unsaturated/α-hetero) is 1. The summed E-state index contributed by atoms with van der Waals surface area (Å²) < 4.78 is 21.9. The molecular weight excluding hydrogens is 462 g/mol. The molecule has 0 spiro atoms. The number of hydrogen-bond acceptors (Lipinski definition) is 7. The van der Waals surface area contributed by atoms with Crippen molar-refractivity contribution >= 4 is 17.4 Å². The van der Waals surface area contributed by atoms with Crippen molar-refractivity contribution in [3.05, 3.63) is 59.2 Å². The fourth-order valence-corrected chi connectivity index (χ4v) is 4.27. The van der Waals surface area contributed by atoms with Gasteiger partial charge in [0.05, 0.1) is 32.4 Å². The topological polar surface area (TPSA) is 94.5 Å². The number of ketones is 1. The molecule has 1 aliphatic heterocycles. The maximum atomic E-state index is 13.2. The molecule has 0 saturated carbocycles. The number of ether oxygens (including phenoxy) is 4. The van der Waals surface area contributed by atoms with E-state index in [-0.39, 0.29) is 17.9 Å². The third-order valence-corrected chi connectivity index (χ3v) is 6.14. The number of unbranched alkanes of at least 4 members (excludes halogenated alkanes) is 2. The Balaban J connectivity index is 2.07. The molecule has 1 fully saturated rings. The van der Waals surface area contributed by atoms with Crippen LogP contribution in [0.3, 0.4) is 0 Å². The van der Waals surface area contributed by atoms with Crippen LogP contribution in [0.25, 0.3) is 5.76 Å². The van der Waals surface area contributed by atoms with E-state index in [0.717, 1.165) is 19.3 Å². The highest BCUT2D eigenvalue weighted by Crippen LogP contribution is 2.42. The molecule has 194 valence electrons. The van der Waals surface area contributed by atoms with Gasteiger partial charge in [-0.3, -0.25) is 9.59 Å². The fourth-order valence-electron chi connectivity index (χ4n) is 4.27. The summed E-state index contributed by atoms with van der Waals surface area (Å²) in [7, 11) is 4.65. The van der Waals surface area contributed by atoms with E-state index in [0.29, 0.717) is 48.0 Å². The summed E-state index contributed by atoms with van der Waals surface area (Å²) in [6, 6.07) is 11.3. The van der Waals surface area contributed by atoms with Crippen LogP contribution in [0.4, 0.5) is 0 Å². The molecule has 0 bridgehead atoms. The quantitative estimate of drug-likeness (QED) is 0.185. The molecule has 36 heavy (non-hydrogen) atoms. The zero-order chi connectivity index (χ0) is 26.1. The van der Waals surface area contributed by atoms with Crippen molar-refractivity contribution in [3.8, 4) is 17.2 Å². The first-order valence-electron chi connectivity index (χ1n) is 12.2. The molecule has 1 saturated heterocycles. The van der Waals surface area contributed by atoms with Crippen molar-refractivity contribution in [1.29, 1.82) is 0 Å². The molecule has 2 aromatic rings. The molecule has 1 amide bonds. The van der Waals surface area contributed by atoms with Gasteiger partial charge in [0.2, 0.25) is 0 Å². The van der Waals surface area contributed by atoms with Gasteiger partial charge in [-0.05, 0) is 42.7 Å². The van der Waals surface area contributed by atoms with E-state index in [4.69, 9.17) is 18.9 Å². The van der Waals surface area contributed by atoms with Crippen LogP contribution in [0.1, 0.15) is 49.8 Å². The lowest BCUT2D eigenvalue weighted by Crippen LogP contribution is -2.31. The van der Waals surface area contributed by atoms with Crippen LogP contribution in [0.2, 0.25) is 0 Å². The molecule has 2 aromatic carbocycles. The second kappa shape index (κ2) is 13.0. The number of hydrogen-bond donors (Lipinski definition) is 1. The highest BCUT2D eigenvalue weighted by molar-refractivity contribution is 6.46. The third kappa shape index (κ3) is 5.99. The van der Waals surface area contributed by atoms with E-state index in [1.807, 2.05) is 0 Å². The Morgan fingerprint density at radius 3 is 2.44 bits per heavy atom. The number of aliphatic hydroxyl groups excluding tert-OH is 1. The number of likely N-dealkylation sites (tertiary alicyclic amines) is 1. The molecular formula is C28H35NO7. The standard InChI is InChI=1S/C28H35NO7/c1-5-6-7-16-36-22-13-12-19(18-23(22)35-4)25-24(26(30)20-10-8-11-21(17-20)34-3)27(31)28(32)29(25)14-9-15-33-2/h8,10-13,17-18,25,30H,5-7,9,14-16H2,1-4H3/b26-24+. The highest BCUT2D eigenvalue weighted by Gasteiger charge is 2.46. The smallest absolute Gasteiger partial charge is 0.295 e. The van der Waals surface area contributed by atoms with Gasteiger partial charge < -0.3 is 29.0 Å². The Morgan fingerprint density at radius 1 is 0.944 bits per heavy atom. The second-order valence-corrected chi connectivity index (χ2v) is 8.54. The maximum absolute atomic E-state index is 13.2. The Bertz CT molecular complexity index is 1100. The lowest BCUT2D eigenvalue weighted by atomic mass is 9.95. The summed E-state index contributed by atoms with van der Waals surface area (Å²) >= 11 is 0. The van der Waals surface area contributed by atoms with Gasteiger partial charge in [-0.25, -0.2) is 0 Å². The van der Waals surface area contributed by atoms with Gasteiger partial charge in [-0.1, -0.05) is 38.0 Å². The number of carbonyl (C=O) groups is 2. The van der Waals surface area contributed by atoms with Crippen LogP contribution >= 0.6 is 0 Å². The minimum absolute atomic E-state index is 0.0179. The average molecular weight is 498 g/mol. The summed E-state index contributed by atoms with van der Waals surface area (Å²) in [4.78, 5) is 27.8. The number of methoxy groups -OCH3 is 3. The van der Waals surface area contributed by atoms with Crippen LogP contribution in [0, 0.1) is 0 Å². The van der Waals surface area contributed by atoms with Crippen LogP contribution < -0.4 is 14.2 Å². The van der Waals surface area contributed by atoms with E-state index in [2.05, 4.69) is 6.92 Å². The zero-order valence-corrected chi connectivity index (χ0v) is 21.4. The van der Waals surface area contributed by atoms with Crippen LogP contribution in [0.15, 0.2) is 48.0 Å². The molecule has 1 atom stereocenters. The maximum Gasteiger partial charge on any atom is 0.295 e. The average Bonchev–Trinajstić information content (AvgIpc) is 3.16. The van der Waals surface area contributed by atoms with E-state index < -0.39 is 17.7 Å². The number of carbonyl (C=O) groups excluding carboxylic acids is 2. The molecule has 3 rings (SSSR count). The number of nitrogens with zero attached hydrogens (tertiary/aromatic N) is 1. The normalized spacial score (nSPS) is 16.9. The summed E-state index contributed by atoms with van der Waals surface area (Å²) in [5.41, 5.74) is 1.04. The first kappa shape index (κ1) is 27.1. The Kier molecular flexibility index (Phi) is 9.76. The van der Waals surface area contributed by atoms with Gasteiger partial charge in [0.25, 0.3) is 11.7 Å². The summed E-state index contributed by atoms with van der Waals surface area (Å²) in [5, 5.41) is 11.2. The fraction of sp³-hybridized carbons (Fsp3) is 0.429. The van der Waals surface area contributed by atoms with Crippen LogP contribution in [0.5, 0.6) is 17.2 Å². The van der Waals surface area contributed by atoms with E-state index in [1.54, 1.807) is 56.7 Å². The van der Waals surface area contributed by atoms with Crippen molar-refractivity contribution in [3.63, 3.8) is 0 Å². The van der Waals surface area contributed by atoms with Gasteiger partial charge in [0, 0.05) is 25.8 Å². The lowest BCUT2D eigenvalue weighted by molar-refractivity contribution is -0.140. The Morgan fingerprint density at radius 2 is 1.75 bits per heavy atom. The van der Waals surface area contributed by atoms with Crippen molar-refractivity contribution in [2.24, 2.45) is 0 Å². The summed E-state index contributed by atoms with van der Waals surface area (Å²) in [6.45, 7) is 3.41. The summed E-state index contributed by atoms with van der Waals surface area (Å²) in [5.74, 6) is -0.0631. The molecule has 1 unspecified atom stereocenters. The minimum Gasteiger partial charge on any atom is -0.507 e. The highest BCUT2D eigenvalue weighted by atomic mass is 16.5. The van der Waals surface area contributed by atoms with Crippen molar-refractivity contribution in [2.75, 3.05) is 41.1 Å². The van der Waals surface area contributed by atoms with Gasteiger partial charge in [-0.15, -0.1) is 0 Å². The van der Waals surface area contributed by atoms with Crippen molar-refractivity contribution in [1.82, 2.24) is 4.90 Å². The lowest BCUT2D eigenvalue weighted by Gasteiger charge is -2.26. The number of amides is 1. The van der Waals surface area contributed by atoms with Crippen molar-refractivity contribution < 1.29 is 33.6 Å². The third-order valence-electron chi connectivity index (χ3n) is 6.14. The number of rotatable bonds is 13. The molecule has 0 radical (unpaired) electrons. The van der Waals surface area contributed by atoms with Crippen LogP contribution in [-0.4, -0.2) is 62.8 Å². The summed E-state index contributed by atoms with van der Waals surface area (Å²) in [6.07, 6.45) is 3.63. The van der Waals surface area contributed by atoms with Gasteiger partial charge in [0.15, 0.2) is 11.5 Å². The SMILES string of the molecule is CCCCCOc1ccc(C2/C(=C(\O)c3cccc(OC)c3)C(=O)C(=O)N2CCCOC)cc1OC. The first-order valence-corrected chi connectivity index (χ1v) is 12.2. The molecule has 1 aliphatic rings. The van der Waals surface area contributed by atoms with Crippen molar-refractivity contribution in [2.45, 2.75) is 38.6 Å². The Hall–Kier alpha value is -3.52. The van der Waals surface area contributed by atoms with E-state index in [1.165, 1.54) is 12.0 Å². The zero-order valence-electron chi connectivity index (χ0n) is 21.4. The molecule has 0 aliphatic carbocycles. The van der Waals surface area contributed by atoms with Gasteiger partial charge >= 0.3 is 0 Å². The molecule has 1 N–H and O–H groups in total. The second-order valence-electron chi connectivity index (χ2n) is 8.54. The van der Waals surface area contributed by atoms with Gasteiger partial charge in [0.1, 0.15) is 11.5 Å². The Labute approximate surface area is 212 Å². The monoisotopic (exact) mass is 497 g/mol. The molecule has 0 aromatic heterocycles. The molecule has 8 heteroatoms. The van der Waals surface area contributed by atoms with E-state index >= 15 is 0 Å².